The van der Waals surface area contributed by atoms with E-state index in [1.807, 2.05) is 44.2 Å². The fourth-order valence-electron chi connectivity index (χ4n) is 3.99. The van der Waals surface area contributed by atoms with Gasteiger partial charge in [0.1, 0.15) is 6.61 Å². The van der Waals surface area contributed by atoms with Crippen LogP contribution in [0, 0.1) is 0 Å². The smallest absolute Gasteiger partial charge is 0.411 e. The molecule has 196 valence electrons. The van der Waals surface area contributed by atoms with Crippen LogP contribution in [0.15, 0.2) is 42.5 Å². The highest BCUT2D eigenvalue weighted by Gasteiger charge is 2.31. The fourth-order valence-corrected chi connectivity index (χ4v) is 3.99. The molecule has 0 saturated carbocycles. The molecule has 1 aliphatic heterocycles. The normalized spacial score (nSPS) is 15.1. The number of anilines is 1. The van der Waals surface area contributed by atoms with Crippen molar-refractivity contribution >= 4 is 17.7 Å². The molecule has 0 aromatic heterocycles. The molecule has 0 bridgehead atoms. The van der Waals surface area contributed by atoms with E-state index in [0.29, 0.717) is 37.7 Å². The Morgan fingerprint density at radius 3 is 2.61 bits per heavy atom. The molecule has 1 aliphatic rings. The van der Waals surface area contributed by atoms with Crippen LogP contribution < -0.4 is 14.8 Å². The number of nitrogens with zero attached hydrogens (tertiary/aromatic N) is 1. The maximum atomic E-state index is 13.5. The fraction of sp³-hybridized carbons (Fsp3) is 0.481. The third-order valence-corrected chi connectivity index (χ3v) is 5.83. The first-order chi connectivity index (χ1) is 17.4. The quantitative estimate of drug-likeness (QED) is 0.420. The molecule has 9 nitrogen and oxygen atoms in total. The number of nitrogens with one attached hydrogen (secondary N) is 1. The van der Waals surface area contributed by atoms with Crippen LogP contribution in [0.1, 0.15) is 49.0 Å². The zero-order valence-electron chi connectivity index (χ0n) is 21.2. The molecule has 1 fully saturated rings. The van der Waals surface area contributed by atoms with Gasteiger partial charge in [0.05, 0.1) is 50.3 Å². The number of methoxy groups -OCH3 is 1. The number of ether oxygens (including phenoxy) is 4. The van der Waals surface area contributed by atoms with Crippen molar-refractivity contribution in [2.75, 3.05) is 38.8 Å². The van der Waals surface area contributed by atoms with Gasteiger partial charge in [0, 0.05) is 19.0 Å². The monoisotopic (exact) mass is 500 g/mol. The van der Waals surface area contributed by atoms with E-state index in [9.17, 15) is 14.7 Å². The van der Waals surface area contributed by atoms with E-state index in [4.69, 9.17) is 18.9 Å². The summed E-state index contributed by atoms with van der Waals surface area (Å²) >= 11 is 0. The highest BCUT2D eigenvalue weighted by Crippen LogP contribution is 2.35. The molecule has 2 aromatic carbocycles. The van der Waals surface area contributed by atoms with E-state index in [1.165, 1.54) is 7.11 Å². The van der Waals surface area contributed by atoms with Crippen molar-refractivity contribution in [1.82, 2.24) is 4.90 Å². The SMILES string of the molecule is COc1cc(C(=O)N2CCC[C@H]2CO)c(NC(=O)OCc2ccccc2)cc1OCCCOC(C)C. The zero-order chi connectivity index (χ0) is 25.9. The van der Waals surface area contributed by atoms with Crippen LogP contribution in [0.25, 0.3) is 0 Å². The molecule has 9 heteroatoms. The zero-order valence-corrected chi connectivity index (χ0v) is 21.2. The second kappa shape index (κ2) is 13.7. The number of carbonyl (C=O) groups is 2. The first-order valence-electron chi connectivity index (χ1n) is 12.3. The highest BCUT2D eigenvalue weighted by molar-refractivity contribution is 6.03. The third kappa shape index (κ3) is 7.60. The third-order valence-electron chi connectivity index (χ3n) is 5.83. The van der Waals surface area contributed by atoms with Crippen LogP contribution in [0.4, 0.5) is 10.5 Å². The summed E-state index contributed by atoms with van der Waals surface area (Å²) in [6.45, 7) is 5.34. The van der Waals surface area contributed by atoms with Gasteiger partial charge in [-0.2, -0.15) is 0 Å². The standard InChI is InChI=1S/C27H36N2O7/c1-19(2)34-13-8-14-35-25-16-23(28-27(32)36-18-20-9-5-4-6-10-20)22(15-24(25)33-3)26(31)29-12-7-11-21(29)17-30/h4-6,9-10,15-16,19,21,30H,7-8,11-14,17-18H2,1-3H3,(H,28,32)/t21-/m0/s1. The number of benzene rings is 2. The number of rotatable bonds is 12. The van der Waals surface area contributed by atoms with Gasteiger partial charge in [0.25, 0.3) is 5.91 Å². The van der Waals surface area contributed by atoms with Crippen LogP contribution in [0.5, 0.6) is 11.5 Å². The lowest BCUT2D eigenvalue weighted by Gasteiger charge is -2.25. The molecule has 0 unspecified atom stereocenters. The number of likely N-dealkylation sites (tertiary alicyclic amines) is 1. The minimum atomic E-state index is -0.700. The van der Waals surface area contributed by atoms with E-state index in [1.54, 1.807) is 17.0 Å². The van der Waals surface area contributed by atoms with Crippen molar-refractivity contribution in [3.8, 4) is 11.5 Å². The van der Waals surface area contributed by atoms with Crippen LogP contribution in [0.3, 0.4) is 0 Å². The first-order valence-corrected chi connectivity index (χ1v) is 12.3. The largest absolute Gasteiger partial charge is 0.493 e. The van der Waals surface area contributed by atoms with Crippen molar-refractivity contribution in [2.24, 2.45) is 0 Å². The first kappa shape index (κ1) is 27.3. The Morgan fingerprint density at radius 2 is 1.92 bits per heavy atom. The van der Waals surface area contributed by atoms with E-state index in [2.05, 4.69) is 5.32 Å². The maximum Gasteiger partial charge on any atom is 0.411 e. The number of hydrogen-bond donors (Lipinski definition) is 2. The van der Waals surface area contributed by atoms with Crippen molar-refractivity contribution < 1.29 is 33.6 Å². The highest BCUT2D eigenvalue weighted by atomic mass is 16.5. The molecular formula is C27H36N2O7. The molecular weight excluding hydrogens is 464 g/mol. The Morgan fingerprint density at radius 1 is 1.14 bits per heavy atom. The number of aliphatic hydroxyl groups is 1. The predicted molar refractivity (Wildman–Crippen MR) is 136 cm³/mol. The van der Waals surface area contributed by atoms with Gasteiger partial charge in [-0.25, -0.2) is 4.79 Å². The Bertz CT molecular complexity index is 997. The molecule has 36 heavy (non-hydrogen) atoms. The summed E-state index contributed by atoms with van der Waals surface area (Å²) in [5.74, 6) is 0.447. The van der Waals surface area contributed by atoms with Gasteiger partial charge in [-0.1, -0.05) is 30.3 Å². The van der Waals surface area contributed by atoms with E-state index in [-0.39, 0.29) is 42.5 Å². The van der Waals surface area contributed by atoms with Gasteiger partial charge >= 0.3 is 6.09 Å². The Hall–Kier alpha value is -3.30. The van der Waals surface area contributed by atoms with Crippen molar-refractivity contribution in [3.05, 3.63) is 53.6 Å². The summed E-state index contributed by atoms with van der Waals surface area (Å²) < 4.78 is 22.3. The second-order valence-electron chi connectivity index (χ2n) is 8.83. The van der Waals surface area contributed by atoms with Gasteiger partial charge in [0.15, 0.2) is 11.5 Å². The number of hydrogen-bond acceptors (Lipinski definition) is 7. The summed E-state index contributed by atoms with van der Waals surface area (Å²) in [5.41, 5.74) is 1.32. The summed E-state index contributed by atoms with van der Waals surface area (Å²) in [6.07, 6.45) is 1.62. The van der Waals surface area contributed by atoms with Crippen molar-refractivity contribution in [1.29, 1.82) is 0 Å². The van der Waals surface area contributed by atoms with Crippen LogP contribution >= 0.6 is 0 Å². The maximum absolute atomic E-state index is 13.5. The molecule has 0 aliphatic carbocycles. The minimum absolute atomic E-state index is 0.0873. The molecule has 1 heterocycles. The van der Waals surface area contributed by atoms with Gasteiger partial charge in [-0.05, 0) is 38.3 Å². The van der Waals surface area contributed by atoms with Crippen LogP contribution in [-0.2, 0) is 16.1 Å². The summed E-state index contributed by atoms with van der Waals surface area (Å²) in [4.78, 5) is 27.7. The average molecular weight is 501 g/mol. The van der Waals surface area contributed by atoms with Crippen LogP contribution in [-0.4, -0.2) is 67.6 Å². The summed E-state index contributed by atoms with van der Waals surface area (Å²) in [7, 11) is 1.49. The van der Waals surface area contributed by atoms with E-state index in [0.717, 1.165) is 18.4 Å². The molecule has 2 amide bonds. The average Bonchev–Trinajstić information content (AvgIpc) is 3.36. The molecule has 1 atom stereocenters. The lowest BCUT2D eigenvalue weighted by Crippen LogP contribution is -2.38. The van der Waals surface area contributed by atoms with Crippen molar-refractivity contribution in [3.63, 3.8) is 0 Å². The molecule has 1 saturated heterocycles. The summed E-state index contributed by atoms with van der Waals surface area (Å²) in [5, 5.41) is 12.4. The molecule has 3 rings (SSSR count). The molecule has 0 spiro atoms. The molecule has 2 N–H and O–H groups in total. The van der Waals surface area contributed by atoms with E-state index < -0.39 is 6.09 Å². The van der Waals surface area contributed by atoms with Crippen LogP contribution in [0.2, 0.25) is 0 Å². The molecule has 2 aromatic rings. The van der Waals surface area contributed by atoms with Gasteiger partial charge < -0.3 is 29.0 Å². The van der Waals surface area contributed by atoms with Crippen molar-refractivity contribution in [2.45, 2.75) is 51.9 Å². The number of carbonyl (C=O) groups excluding carboxylic acids is 2. The van der Waals surface area contributed by atoms with Gasteiger partial charge in [-0.15, -0.1) is 0 Å². The Labute approximate surface area is 212 Å². The number of amides is 2. The molecule has 0 radical (unpaired) electrons. The Balaban J connectivity index is 1.80. The lowest BCUT2D eigenvalue weighted by atomic mass is 10.1. The second-order valence-corrected chi connectivity index (χ2v) is 8.83. The summed E-state index contributed by atoms with van der Waals surface area (Å²) in [6, 6.07) is 12.2. The van der Waals surface area contributed by atoms with E-state index >= 15 is 0 Å². The number of aliphatic hydroxyl groups excluding tert-OH is 1. The topological polar surface area (TPSA) is 107 Å². The van der Waals surface area contributed by atoms with Gasteiger partial charge in [-0.3, -0.25) is 10.1 Å². The lowest BCUT2D eigenvalue weighted by molar-refractivity contribution is 0.0678. The minimum Gasteiger partial charge on any atom is -0.493 e. The van der Waals surface area contributed by atoms with Gasteiger partial charge in [0.2, 0.25) is 0 Å². The Kier molecular flexibility index (Phi) is 10.4. The predicted octanol–water partition coefficient (Wildman–Crippen LogP) is 4.23.